The van der Waals surface area contributed by atoms with Gasteiger partial charge in [-0.25, -0.2) is 9.97 Å². The van der Waals surface area contributed by atoms with Crippen LogP contribution in [0.3, 0.4) is 0 Å². The standard InChI is InChI=1S/C15H12BrN3/c1-10-3-2-4-13(7-10)18-15-17-9-11-8-12(16)5-6-14(11)19-15/h2-9H,1H3,(H,17,18,19). The highest BCUT2D eigenvalue weighted by atomic mass is 79.9. The van der Waals surface area contributed by atoms with Gasteiger partial charge in [-0.05, 0) is 42.8 Å². The average Bonchev–Trinajstić information content (AvgIpc) is 2.39. The van der Waals surface area contributed by atoms with Gasteiger partial charge in [0.05, 0.1) is 5.52 Å². The summed E-state index contributed by atoms with van der Waals surface area (Å²) >= 11 is 3.44. The van der Waals surface area contributed by atoms with Crippen LogP contribution in [-0.4, -0.2) is 9.97 Å². The molecular formula is C15H12BrN3. The van der Waals surface area contributed by atoms with Crippen molar-refractivity contribution in [1.29, 1.82) is 0 Å². The number of nitrogens with one attached hydrogen (secondary N) is 1. The molecule has 94 valence electrons. The van der Waals surface area contributed by atoms with Gasteiger partial charge in [0, 0.05) is 21.7 Å². The maximum atomic E-state index is 4.50. The predicted molar refractivity (Wildman–Crippen MR) is 81.7 cm³/mol. The Morgan fingerprint density at radius 3 is 2.84 bits per heavy atom. The van der Waals surface area contributed by atoms with Crippen LogP contribution in [0, 0.1) is 6.92 Å². The molecule has 0 amide bonds. The fourth-order valence-corrected chi connectivity index (χ4v) is 2.30. The van der Waals surface area contributed by atoms with E-state index in [1.807, 2.05) is 36.5 Å². The van der Waals surface area contributed by atoms with Crippen LogP contribution < -0.4 is 5.32 Å². The van der Waals surface area contributed by atoms with E-state index in [0.29, 0.717) is 5.95 Å². The number of hydrogen-bond acceptors (Lipinski definition) is 3. The Kier molecular flexibility index (Phi) is 3.17. The van der Waals surface area contributed by atoms with E-state index < -0.39 is 0 Å². The number of rotatable bonds is 2. The molecule has 0 atom stereocenters. The lowest BCUT2D eigenvalue weighted by Crippen LogP contribution is -1.97. The molecule has 0 fully saturated rings. The van der Waals surface area contributed by atoms with Crippen molar-refractivity contribution in [3.05, 3.63) is 58.7 Å². The van der Waals surface area contributed by atoms with Gasteiger partial charge in [0.2, 0.25) is 5.95 Å². The van der Waals surface area contributed by atoms with E-state index in [9.17, 15) is 0 Å². The minimum Gasteiger partial charge on any atom is -0.324 e. The van der Waals surface area contributed by atoms with E-state index >= 15 is 0 Å². The molecule has 2 aromatic carbocycles. The van der Waals surface area contributed by atoms with Crippen molar-refractivity contribution in [1.82, 2.24) is 9.97 Å². The minimum atomic E-state index is 0.612. The summed E-state index contributed by atoms with van der Waals surface area (Å²) < 4.78 is 1.03. The number of fused-ring (bicyclic) bond motifs is 1. The summed E-state index contributed by atoms with van der Waals surface area (Å²) in [5.74, 6) is 0.612. The van der Waals surface area contributed by atoms with Gasteiger partial charge in [-0.15, -0.1) is 0 Å². The third-order valence-electron chi connectivity index (χ3n) is 2.82. The lowest BCUT2D eigenvalue weighted by Gasteiger charge is -2.06. The van der Waals surface area contributed by atoms with E-state index in [0.717, 1.165) is 21.1 Å². The molecule has 1 N–H and O–H groups in total. The SMILES string of the molecule is Cc1cccc(Nc2ncc3cc(Br)ccc3n2)c1. The highest BCUT2D eigenvalue weighted by Crippen LogP contribution is 2.20. The second-order valence-electron chi connectivity index (χ2n) is 4.39. The van der Waals surface area contributed by atoms with E-state index in [1.54, 1.807) is 0 Å². The minimum absolute atomic E-state index is 0.612. The Labute approximate surface area is 119 Å². The van der Waals surface area contributed by atoms with Crippen molar-refractivity contribution >= 4 is 38.5 Å². The number of aromatic nitrogens is 2. The van der Waals surface area contributed by atoms with Gasteiger partial charge in [0.15, 0.2) is 0 Å². The van der Waals surface area contributed by atoms with Crippen LogP contribution in [0.4, 0.5) is 11.6 Å². The summed E-state index contributed by atoms with van der Waals surface area (Å²) in [5.41, 5.74) is 3.12. The van der Waals surface area contributed by atoms with Crippen LogP contribution in [0.5, 0.6) is 0 Å². The summed E-state index contributed by atoms with van der Waals surface area (Å²) in [7, 11) is 0. The first-order valence-electron chi connectivity index (χ1n) is 5.97. The summed E-state index contributed by atoms with van der Waals surface area (Å²) in [6.07, 6.45) is 1.82. The van der Waals surface area contributed by atoms with Crippen LogP contribution in [0.2, 0.25) is 0 Å². The molecule has 3 aromatic rings. The number of anilines is 2. The van der Waals surface area contributed by atoms with Gasteiger partial charge in [-0.2, -0.15) is 0 Å². The first-order valence-corrected chi connectivity index (χ1v) is 6.76. The highest BCUT2D eigenvalue weighted by Gasteiger charge is 2.01. The highest BCUT2D eigenvalue weighted by molar-refractivity contribution is 9.10. The van der Waals surface area contributed by atoms with E-state index in [4.69, 9.17) is 0 Å². The number of aryl methyl sites for hydroxylation is 1. The fourth-order valence-electron chi connectivity index (χ4n) is 1.92. The number of benzene rings is 2. The van der Waals surface area contributed by atoms with Crippen LogP contribution in [0.25, 0.3) is 10.9 Å². The van der Waals surface area contributed by atoms with Crippen LogP contribution in [0.15, 0.2) is 53.1 Å². The molecule has 1 aromatic heterocycles. The third kappa shape index (κ3) is 2.74. The number of halogens is 1. The Morgan fingerprint density at radius 2 is 2.00 bits per heavy atom. The summed E-state index contributed by atoms with van der Waals surface area (Å²) in [6, 6.07) is 14.1. The molecule has 0 unspecified atom stereocenters. The lowest BCUT2D eigenvalue weighted by molar-refractivity contribution is 1.21. The quantitative estimate of drug-likeness (QED) is 0.759. The Morgan fingerprint density at radius 1 is 1.11 bits per heavy atom. The first-order chi connectivity index (χ1) is 9.20. The number of nitrogens with zero attached hydrogens (tertiary/aromatic N) is 2. The van der Waals surface area contributed by atoms with Crippen molar-refractivity contribution < 1.29 is 0 Å². The second kappa shape index (κ2) is 4.97. The topological polar surface area (TPSA) is 37.8 Å². The van der Waals surface area contributed by atoms with Crippen molar-refractivity contribution in [2.45, 2.75) is 6.92 Å². The lowest BCUT2D eigenvalue weighted by atomic mass is 10.2. The fraction of sp³-hybridized carbons (Fsp3) is 0.0667. The molecule has 0 spiro atoms. The second-order valence-corrected chi connectivity index (χ2v) is 5.31. The maximum Gasteiger partial charge on any atom is 0.227 e. The molecule has 3 rings (SSSR count). The normalized spacial score (nSPS) is 10.6. The maximum absolute atomic E-state index is 4.50. The summed E-state index contributed by atoms with van der Waals surface area (Å²) in [5, 5.41) is 4.24. The molecule has 19 heavy (non-hydrogen) atoms. The van der Waals surface area contributed by atoms with Crippen molar-refractivity contribution in [2.24, 2.45) is 0 Å². The van der Waals surface area contributed by atoms with Gasteiger partial charge < -0.3 is 5.32 Å². The monoisotopic (exact) mass is 313 g/mol. The molecule has 0 aliphatic heterocycles. The van der Waals surface area contributed by atoms with Gasteiger partial charge in [0.25, 0.3) is 0 Å². The van der Waals surface area contributed by atoms with E-state index in [2.05, 4.69) is 50.3 Å². The van der Waals surface area contributed by atoms with Crippen LogP contribution in [-0.2, 0) is 0 Å². The van der Waals surface area contributed by atoms with Gasteiger partial charge in [-0.3, -0.25) is 0 Å². The van der Waals surface area contributed by atoms with Crippen molar-refractivity contribution in [2.75, 3.05) is 5.32 Å². The zero-order valence-electron chi connectivity index (χ0n) is 10.4. The van der Waals surface area contributed by atoms with Gasteiger partial charge >= 0.3 is 0 Å². The molecule has 1 heterocycles. The smallest absolute Gasteiger partial charge is 0.227 e. The third-order valence-corrected chi connectivity index (χ3v) is 3.31. The predicted octanol–water partition coefficient (Wildman–Crippen LogP) is 4.44. The Balaban J connectivity index is 1.95. The molecule has 0 saturated heterocycles. The molecule has 3 nitrogen and oxygen atoms in total. The molecule has 4 heteroatoms. The molecule has 0 bridgehead atoms. The zero-order chi connectivity index (χ0) is 13.2. The van der Waals surface area contributed by atoms with Crippen LogP contribution in [0.1, 0.15) is 5.56 Å². The molecule has 0 saturated carbocycles. The van der Waals surface area contributed by atoms with Gasteiger partial charge in [0.1, 0.15) is 0 Å². The van der Waals surface area contributed by atoms with Crippen LogP contribution >= 0.6 is 15.9 Å². The molecule has 0 radical (unpaired) electrons. The Hall–Kier alpha value is -1.94. The van der Waals surface area contributed by atoms with E-state index in [1.165, 1.54) is 5.56 Å². The van der Waals surface area contributed by atoms with E-state index in [-0.39, 0.29) is 0 Å². The first kappa shape index (κ1) is 12.1. The largest absolute Gasteiger partial charge is 0.324 e. The molecular weight excluding hydrogens is 302 g/mol. The van der Waals surface area contributed by atoms with Crippen molar-refractivity contribution in [3.8, 4) is 0 Å². The zero-order valence-corrected chi connectivity index (χ0v) is 12.0. The van der Waals surface area contributed by atoms with Gasteiger partial charge in [-0.1, -0.05) is 28.1 Å². The number of hydrogen-bond donors (Lipinski definition) is 1. The summed E-state index contributed by atoms with van der Waals surface area (Å²) in [6.45, 7) is 2.06. The Bertz CT molecular complexity index is 740. The molecule has 0 aliphatic carbocycles. The summed E-state index contributed by atoms with van der Waals surface area (Å²) in [4.78, 5) is 8.83. The molecule has 0 aliphatic rings. The van der Waals surface area contributed by atoms with Crippen molar-refractivity contribution in [3.63, 3.8) is 0 Å². The average molecular weight is 314 g/mol.